The second kappa shape index (κ2) is 1.16. The second-order valence-corrected chi connectivity index (χ2v) is 7.21. The van der Waals surface area contributed by atoms with Gasteiger partial charge < -0.3 is 0 Å². The molecular formula is C5H7IO. The van der Waals surface area contributed by atoms with Crippen molar-refractivity contribution in [3.05, 3.63) is 9.84 Å². The van der Waals surface area contributed by atoms with Gasteiger partial charge in [0.15, 0.2) is 0 Å². The molecule has 0 bridgehead atoms. The summed E-state index contributed by atoms with van der Waals surface area (Å²) in [6.07, 6.45) is 0. The quantitative estimate of drug-likeness (QED) is 0.437. The number of hydrogen-bond acceptors (Lipinski definition) is 1. The fourth-order valence-corrected chi connectivity index (χ4v) is 5.47. The summed E-state index contributed by atoms with van der Waals surface area (Å²) >= 11 is -0.470. The van der Waals surface area contributed by atoms with E-state index in [9.17, 15) is 0 Å². The van der Waals surface area contributed by atoms with Gasteiger partial charge in [0, 0.05) is 0 Å². The van der Waals surface area contributed by atoms with Gasteiger partial charge in [0.05, 0.1) is 0 Å². The Kier molecular flexibility index (Phi) is 0.690. The molecule has 2 heteroatoms. The first-order valence-electron chi connectivity index (χ1n) is 2.34. The molecule has 1 atom stereocenters. The molecule has 2 rings (SSSR count). The summed E-state index contributed by atoms with van der Waals surface area (Å²) in [5.41, 5.74) is 0. The number of hydrogen-bond donors (Lipinski definition) is 0. The van der Waals surface area contributed by atoms with E-state index < -0.39 is 19.8 Å². The summed E-state index contributed by atoms with van der Waals surface area (Å²) in [6, 6.07) is 0. The van der Waals surface area contributed by atoms with Crippen LogP contribution in [0, 0.1) is 0 Å². The Morgan fingerprint density at radius 1 is 2.00 bits per heavy atom. The summed E-state index contributed by atoms with van der Waals surface area (Å²) in [5.74, 6) is 1.20. The Labute approximate surface area is 50.1 Å². The Morgan fingerprint density at radius 3 is 3.14 bits per heavy atom. The number of rotatable bonds is 0. The van der Waals surface area contributed by atoms with E-state index >= 15 is 0 Å². The third kappa shape index (κ3) is 0.561. The van der Waals surface area contributed by atoms with Gasteiger partial charge in [-0.3, -0.25) is 0 Å². The third-order valence-electron chi connectivity index (χ3n) is 1.12. The van der Waals surface area contributed by atoms with Crippen molar-refractivity contribution in [1.82, 2.24) is 0 Å². The zero-order chi connectivity index (χ0) is 4.85. The Bertz CT molecular complexity index is 130. The van der Waals surface area contributed by atoms with Crippen LogP contribution < -0.4 is 0 Å². The molecule has 7 heavy (non-hydrogen) atoms. The van der Waals surface area contributed by atoms with Crippen molar-refractivity contribution < 1.29 is 4.74 Å². The van der Waals surface area contributed by atoms with E-state index in [1.807, 2.05) is 0 Å². The monoisotopic (exact) mass is 210 g/mol. The van der Waals surface area contributed by atoms with Crippen molar-refractivity contribution in [1.29, 1.82) is 0 Å². The van der Waals surface area contributed by atoms with Gasteiger partial charge in [-0.2, -0.15) is 0 Å². The number of halogens is 1. The predicted molar refractivity (Wildman–Crippen MR) is 37.5 cm³/mol. The molecule has 2 aliphatic heterocycles. The number of ether oxygens (including phenoxy) is 1. The van der Waals surface area contributed by atoms with Crippen molar-refractivity contribution in [2.45, 2.75) is 11.0 Å². The normalized spacial score (nSPS) is 39.3. The molecule has 0 aromatic heterocycles. The van der Waals surface area contributed by atoms with E-state index in [1.54, 1.807) is 0 Å². The predicted octanol–water partition coefficient (Wildman–Crippen LogP) is 1.72. The van der Waals surface area contributed by atoms with Gasteiger partial charge in [-0.25, -0.2) is 0 Å². The maximum atomic E-state index is 5.37. The van der Waals surface area contributed by atoms with Gasteiger partial charge in [0.25, 0.3) is 0 Å². The van der Waals surface area contributed by atoms with Gasteiger partial charge in [-0.1, -0.05) is 0 Å². The van der Waals surface area contributed by atoms with E-state index in [4.69, 9.17) is 4.74 Å². The Balaban J connectivity index is 2.22. The van der Waals surface area contributed by atoms with E-state index in [2.05, 4.69) is 11.0 Å². The molecule has 40 valence electrons. The molecule has 1 unspecified atom stereocenters. The molecule has 1 nitrogen and oxygen atoms in total. The zero-order valence-electron chi connectivity index (χ0n) is 4.15. The summed E-state index contributed by atoms with van der Waals surface area (Å²) in [4.78, 5) is 0. The molecule has 0 spiro atoms. The summed E-state index contributed by atoms with van der Waals surface area (Å²) in [7, 11) is 0. The van der Waals surface area contributed by atoms with Crippen LogP contribution >= 0.6 is 19.8 Å². The molecule has 2 aliphatic rings. The van der Waals surface area contributed by atoms with Gasteiger partial charge >= 0.3 is 49.9 Å². The first-order valence-corrected chi connectivity index (χ1v) is 6.36. The molecule has 0 N–H and O–H groups in total. The van der Waals surface area contributed by atoms with Crippen LogP contribution in [-0.4, -0.2) is 8.54 Å². The molecule has 0 aromatic carbocycles. The fraction of sp³-hybridized carbons (Fsp3) is 0.600. The van der Waals surface area contributed by atoms with Crippen LogP contribution in [0.4, 0.5) is 0 Å². The van der Waals surface area contributed by atoms with Crippen LogP contribution in [0.5, 0.6) is 0 Å². The van der Waals surface area contributed by atoms with E-state index in [1.165, 1.54) is 10.2 Å². The van der Waals surface area contributed by atoms with Gasteiger partial charge in [0.2, 0.25) is 0 Å². The minimum atomic E-state index is -0.470. The third-order valence-corrected chi connectivity index (χ3v) is 5.96. The zero-order valence-corrected chi connectivity index (χ0v) is 6.31. The molecule has 1 fully saturated rings. The van der Waals surface area contributed by atoms with E-state index in [0.29, 0.717) is 0 Å². The molecule has 1 saturated heterocycles. The van der Waals surface area contributed by atoms with Gasteiger partial charge in [-0.05, 0) is 0 Å². The van der Waals surface area contributed by atoms with Crippen LogP contribution in [-0.2, 0) is 4.74 Å². The summed E-state index contributed by atoms with van der Waals surface area (Å²) < 4.78 is 9.92. The van der Waals surface area contributed by atoms with Gasteiger partial charge in [0.1, 0.15) is 0 Å². The van der Waals surface area contributed by atoms with Crippen molar-refractivity contribution >= 4 is 19.8 Å². The number of fused-ring (bicyclic) bond motifs is 1. The first kappa shape index (κ1) is 4.18. The molecule has 0 saturated carbocycles. The number of allylic oxidation sites excluding steroid dienone is 1. The standard InChI is InChI=1S/C5H7IO/c1-4-2-6-3-5(6)7-4/h2,5H,3H2,1H3. The van der Waals surface area contributed by atoms with Crippen molar-refractivity contribution in [3.63, 3.8) is 0 Å². The number of alkyl halides is 2. The van der Waals surface area contributed by atoms with E-state index in [-0.39, 0.29) is 0 Å². The summed E-state index contributed by atoms with van der Waals surface area (Å²) in [6.45, 7) is 2.06. The van der Waals surface area contributed by atoms with Crippen LogP contribution in [0.2, 0.25) is 0 Å². The second-order valence-electron chi connectivity index (χ2n) is 1.84. The maximum absolute atomic E-state index is 5.37. The molecular weight excluding hydrogens is 203 g/mol. The topological polar surface area (TPSA) is 9.23 Å². The average molecular weight is 210 g/mol. The molecule has 0 aliphatic carbocycles. The SMILES string of the molecule is CC1=CI2CC2O1. The minimum absolute atomic E-state index is 0.470. The van der Waals surface area contributed by atoms with Crippen LogP contribution in [0.15, 0.2) is 9.84 Å². The van der Waals surface area contributed by atoms with Crippen LogP contribution in [0.1, 0.15) is 6.92 Å². The average Bonchev–Trinajstić information content (AvgIpc) is 2.15. The van der Waals surface area contributed by atoms with Crippen LogP contribution in [0.3, 0.4) is 0 Å². The van der Waals surface area contributed by atoms with Crippen molar-refractivity contribution in [2.75, 3.05) is 4.43 Å². The Morgan fingerprint density at radius 2 is 2.86 bits per heavy atom. The summed E-state index contributed by atoms with van der Waals surface area (Å²) in [5, 5.41) is 0. The molecule has 2 heterocycles. The van der Waals surface area contributed by atoms with Crippen LogP contribution in [0.25, 0.3) is 0 Å². The fourth-order valence-electron chi connectivity index (χ4n) is 0.735. The van der Waals surface area contributed by atoms with Crippen molar-refractivity contribution in [3.8, 4) is 0 Å². The first-order chi connectivity index (χ1) is 3.36. The molecule has 0 amide bonds. The molecule has 0 aromatic rings. The van der Waals surface area contributed by atoms with Crippen molar-refractivity contribution in [2.24, 2.45) is 0 Å². The van der Waals surface area contributed by atoms with E-state index in [0.717, 1.165) is 4.11 Å². The Hall–Kier alpha value is 0.270. The van der Waals surface area contributed by atoms with Gasteiger partial charge in [-0.15, -0.1) is 0 Å². The molecule has 0 radical (unpaired) electrons.